The molecule has 11 heteroatoms. The summed E-state index contributed by atoms with van der Waals surface area (Å²) in [7, 11) is 3.24. The van der Waals surface area contributed by atoms with Crippen LogP contribution in [0.1, 0.15) is 18.9 Å². The Morgan fingerprint density at radius 2 is 1.69 bits per heavy atom. The van der Waals surface area contributed by atoms with Gasteiger partial charge in [0, 0.05) is 67.5 Å². The molecule has 0 bridgehead atoms. The number of likely N-dealkylation sites (tertiary alicyclic amines) is 2. The number of amides is 2. The van der Waals surface area contributed by atoms with Crippen molar-refractivity contribution in [2.45, 2.75) is 18.9 Å². The van der Waals surface area contributed by atoms with Gasteiger partial charge in [0.25, 0.3) is 0 Å². The number of piperidine rings is 1. The van der Waals surface area contributed by atoms with Crippen LogP contribution >= 0.6 is 0 Å². The number of methoxy groups -OCH3 is 2. The third-order valence-corrected chi connectivity index (χ3v) is 7.95. The van der Waals surface area contributed by atoms with Crippen molar-refractivity contribution in [1.82, 2.24) is 29.5 Å². The monoisotopic (exact) mass is 567 g/mol. The van der Waals surface area contributed by atoms with Crippen LogP contribution < -0.4 is 14.8 Å². The first kappa shape index (κ1) is 27.3. The molecule has 2 aromatic heterocycles. The molecule has 0 spiro atoms. The standard InChI is InChI=1S/C31H33N7O4/c1-4-30(39)37-17-21(18-37)31(40)36-9-7-24(8-10-36)38-19-20(15-33-38)29-16-32-27-6-5-22(13-28(27)35-29)34-23-11-25(41-2)14-26(12-23)42-3/h4-6,11-16,19,21,24,34H,1,7-10,17-18H2,2-3H3. The molecule has 2 saturated heterocycles. The first-order chi connectivity index (χ1) is 20.4. The molecule has 0 saturated carbocycles. The summed E-state index contributed by atoms with van der Waals surface area (Å²) < 4.78 is 12.7. The number of ether oxygens (including phenoxy) is 2. The summed E-state index contributed by atoms with van der Waals surface area (Å²) in [6, 6.07) is 11.7. The smallest absolute Gasteiger partial charge is 0.246 e. The molecule has 0 aliphatic carbocycles. The van der Waals surface area contributed by atoms with Gasteiger partial charge in [-0.25, -0.2) is 4.98 Å². The second kappa shape index (κ2) is 11.5. The van der Waals surface area contributed by atoms with Crippen molar-refractivity contribution in [1.29, 1.82) is 0 Å². The number of hydrogen-bond donors (Lipinski definition) is 1. The van der Waals surface area contributed by atoms with Crippen LogP contribution in [0.25, 0.3) is 22.3 Å². The summed E-state index contributed by atoms with van der Waals surface area (Å²) in [4.78, 5) is 37.6. The normalized spacial score (nSPS) is 15.8. The van der Waals surface area contributed by atoms with Gasteiger partial charge in [-0.1, -0.05) is 6.58 Å². The van der Waals surface area contributed by atoms with Crippen molar-refractivity contribution >= 4 is 34.2 Å². The minimum atomic E-state index is -0.116. The highest BCUT2D eigenvalue weighted by atomic mass is 16.5. The maximum atomic E-state index is 12.9. The summed E-state index contributed by atoms with van der Waals surface area (Å²) in [5.41, 5.74) is 4.88. The topological polar surface area (TPSA) is 115 Å². The van der Waals surface area contributed by atoms with Crippen LogP contribution in [0.2, 0.25) is 0 Å². The van der Waals surface area contributed by atoms with E-state index in [1.807, 2.05) is 58.4 Å². The van der Waals surface area contributed by atoms with Crippen LogP contribution in [0.5, 0.6) is 11.5 Å². The van der Waals surface area contributed by atoms with Gasteiger partial charge in [-0.15, -0.1) is 0 Å². The van der Waals surface area contributed by atoms with E-state index >= 15 is 0 Å². The Morgan fingerprint density at radius 1 is 0.952 bits per heavy atom. The Hall–Kier alpha value is -4.93. The quantitative estimate of drug-likeness (QED) is 0.317. The van der Waals surface area contributed by atoms with Crippen LogP contribution in [-0.4, -0.2) is 81.8 Å². The lowest BCUT2D eigenvalue weighted by molar-refractivity contribution is -0.147. The number of hydrogen-bond acceptors (Lipinski definition) is 8. The van der Waals surface area contributed by atoms with E-state index in [1.165, 1.54) is 6.08 Å². The van der Waals surface area contributed by atoms with Crippen LogP contribution in [0.15, 0.2) is 67.6 Å². The van der Waals surface area contributed by atoms with Gasteiger partial charge in [-0.05, 0) is 37.1 Å². The number of carbonyl (C=O) groups is 2. The van der Waals surface area contributed by atoms with Crippen LogP contribution in [0, 0.1) is 5.92 Å². The Morgan fingerprint density at radius 3 is 2.38 bits per heavy atom. The largest absolute Gasteiger partial charge is 0.497 e. The highest BCUT2D eigenvalue weighted by molar-refractivity contribution is 5.90. The second-order valence-corrected chi connectivity index (χ2v) is 10.6. The van der Waals surface area contributed by atoms with Crippen molar-refractivity contribution in [3.8, 4) is 22.8 Å². The number of nitrogens with one attached hydrogen (secondary N) is 1. The fourth-order valence-corrected chi connectivity index (χ4v) is 5.50. The second-order valence-electron chi connectivity index (χ2n) is 10.6. The lowest BCUT2D eigenvalue weighted by Gasteiger charge is -2.41. The van der Waals surface area contributed by atoms with Crippen LogP contribution in [0.4, 0.5) is 11.4 Å². The molecule has 0 radical (unpaired) electrons. The van der Waals surface area contributed by atoms with Gasteiger partial charge in [0.15, 0.2) is 0 Å². The van der Waals surface area contributed by atoms with E-state index in [1.54, 1.807) is 25.3 Å². The number of carbonyl (C=O) groups excluding carboxylic acids is 2. The van der Waals surface area contributed by atoms with Crippen LogP contribution in [0.3, 0.4) is 0 Å². The van der Waals surface area contributed by atoms with Gasteiger partial charge in [0.1, 0.15) is 11.5 Å². The summed E-state index contributed by atoms with van der Waals surface area (Å²) in [6.45, 7) is 5.82. The number of fused-ring (bicyclic) bond motifs is 1. The molecule has 6 rings (SSSR count). The molecule has 4 aromatic rings. The number of aromatic nitrogens is 4. The lowest BCUT2D eigenvalue weighted by Crippen LogP contribution is -2.57. The number of rotatable bonds is 8. The van der Waals surface area contributed by atoms with E-state index in [0.717, 1.165) is 46.5 Å². The zero-order valence-electron chi connectivity index (χ0n) is 23.7. The molecule has 11 nitrogen and oxygen atoms in total. The van der Waals surface area contributed by atoms with E-state index < -0.39 is 0 Å². The summed E-state index contributed by atoms with van der Waals surface area (Å²) in [5, 5.41) is 8.02. The number of benzene rings is 2. The minimum Gasteiger partial charge on any atom is -0.497 e. The Bertz CT molecular complexity index is 1620. The van der Waals surface area contributed by atoms with Gasteiger partial charge >= 0.3 is 0 Å². The van der Waals surface area contributed by atoms with Crippen molar-refractivity contribution in [3.05, 3.63) is 67.6 Å². The fraction of sp³-hybridized carbons (Fsp3) is 0.323. The molecular weight excluding hydrogens is 534 g/mol. The minimum absolute atomic E-state index is 0.109. The molecule has 4 heterocycles. The maximum absolute atomic E-state index is 12.9. The molecule has 216 valence electrons. The fourth-order valence-electron chi connectivity index (χ4n) is 5.50. The number of anilines is 2. The SMILES string of the molecule is C=CC(=O)N1CC(C(=O)N2CCC(n3cc(-c4cnc5ccc(Nc6cc(OC)cc(OC)c6)cc5n4)cn3)CC2)C1. The molecule has 0 unspecified atom stereocenters. The van der Waals surface area contributed by atoms with Gasteiger partial charge in [-0.2, -0.15) is 5.10 Å². The molecule has 0 atom stereocenters. The van der Waals surface area contributed by atoms with Gasteiger partial charge in [0.2, 0.25) is 11.8 Å². The van der Waals surface area contributed by atoms with Crippen molar-refractivity contribution < 1.29 is 19.1 Å². The molecule has 1 N–H and O–H groups in total. The van der Waals surface area contributed by atoms with Gasteiger partial charge in [-0.3, -0.25) is 19.3 Å². The average molecular weight is 568 g/mol. The first-order valence-corrected chi connectivity index (χ1v) is 14.0. The molecular formula is C31H33N7O4. The number of nitrogens with zero attached hydrogens (tertiary/aromatic N) is 6. The third-order valence-electron chi connectivity index (χ3n) is 7.95. The summed E-state index contributed by atoms with van der Waals surface area (Å²) in [6.07, 6.45) is 8.53. The van der Waals surface area contributed by atoms with E-state index in [4.69, 9.17) is 14.5 Å². The maximum Gasteiger partial charge on any atom is 0.246 e. The highest BCUT2D eigenvalue weighted by Gasteiger charge is 2.38. The Balaban J connectivity index is 1.11. The zero-order chi connectivity index (χ0) is 29.2. The van der Waals surface area contributed by atoms with E-state index in [9.17, 15) is 9.59 Å². The van der Waals surface area contributed by atoms with E-state index in [-0.39, 0.29) is 23.8 Å². The molecule has 2 aromatic carbocycles. The lowest BCUT2D eigenvalue weighted by atomic mass is 9.96. The molecule has 2 fully saturated rings. The predicted octanol–water partition coefficient (Wildman–Crippen LogP) is 4.06. The third kappa shape index (κ3) is 5.50. The van der Waals surface area contributed by atoms with Gasteiger partial charge in [0.05, 0.1) is 55.3 Å². The first-order valence-electron chi connectivity index (χ1n) is 14.0. The van der Waals surface area contributed by atoms with Crippen molar-refractivity contribution in [2.75, 3.05) is 45.7 Å². The average Bonchev–Trinajstić information content (AvgIpc) is 3.50. The van der Waals surface area contributed by atoms with Crippen LogP contribution in [-0.2, 0) is 9.59 Å². The van der Waals surface area contributed by atoms with Crippen molar-refractivity contribution in [3.63, 3.8) is 0 Å². The molecule has 2 aliphatic heterocycles. The molecule has 2 aliphatic rings. The van der Waals surface area contributed by atoms with E-state index in [0.29, 0.717) is 37.7 Å². The van der Waals surface area contributed by atoms with Crippen molar-refractivity contribution in [2.24, 2.45) is 5.92 Å². The Labute approximate surface area is 243 Å². The molecule has 42 heavy (non-hydrogen) atoms. The summed E-state index contributed by atoms with van der Waals surface area (Å²) >= 11 is 0. The molecule has 2 amide bonds. The Kier molecular flexibility index (Phi) is 7.47. The zero-order valence-corrected chi connectivity index (χ0v) is 23.7. The highest BCUT2D eigenvalue weighted by Crippen LogP contribution is 2.30. The van der Waals surface area contributed by atoms with E-state index in [2.05, 4.69) is 22.0 Å². The summed E-state index contributed by atoms with van der Waals surface area (Å²) in [5.74, 6) is 1.30. The van der Waals surface area contributed by atoms with Gasteiger partial charge < -0.3 is 24.6 Å². The predicted molar refractivity (Wildman–Crippen MR) is 159 cm³/mol.